The van der Waals surface area contributed by atoms with Crippen LogP contribution in [0.15, 0.2) is 152 Å². The van der Waals surface area contributed by atoms with Crippen LogP contribution in [-0.2, 0) is 42.7 Å². The topological polar surface area (TPSA) is 50.9 Å². The maximum Gasteiger partial charge on any atom is 0.128 e. The van der Waals surface area contributed by atoms with Gasteiger partial charge in [0.25, 0.3) is 0 Å². The average Bonchev–Trinajstić information content (AvgIpc) is 3.62. The smallest absolute Gasteiger partial charge is 0.128 e. The van der Waals surface area contributed by atoms with Gasteiger partial charge in [0.2, 0.25) is 0 Å². The van der Waals surface area contributed by atoms with Crippen LogP contribution in [0.1, 0.15) is 105 Å². The molecule has 0 saturated carbocycles. The number of phenols is 1. The van der Waals surface area contributed by atoms with Crippen LogP contribution in [0.25, 0.3) is 83.5 Å². The predicted molar refractivity (Wildman–Crippen MR) is 279 cm³/mol. The van der Waals surface area contributed by atoms with Crippen LogP contribution in [0.2, 0.25) is 0 Å². The van der Waals surface area contributed by atoms with Gasteiger partial charge in [0, 0.05) is 71.8 Å². The van der Waals surface area contributed by atoms with Gasteiger partial charge in [0.1, 0.15) is 5.75 Å². The third-order valence-electron chi connectivity index (χ3n) is 13.0. The van der Waals surface area contributed by atoms with Crippen molar-refractivity contribution in [3.05, 3.63) is 180 Å². The van der Waals surface area contributed by atoms with E-state index in [0.29, 0.717) is 0 Å². The molecular weight excluding hydrogens is 998 g/mol. The number of aromatic nitrogens is 3. The molecule has 0 atom stereocenters. The molecule has 0 spiro atoms. The van der Waals surface area contributed by atoms with Crippen molar-refractivity contribution in [3.63, 3.8) is 0 Å². The summed E-state index contributed by atoms with van der Waals surface area (Å²) in [4.78, 5) is 10.4. The first-order valence-corrected chi connectivity index (χ1v) is 23.3. The zero-order chi connectivity index (χ0) is 46.9. The van der Waals surface area contributed by atoms with Crippen molar-refractivity contribution in [2.24, 2.45) is 0 Å². The zero-order valence-electron chi connectivity index (χ0n) is 41.0. The fourth-order valence-electron chi connectivity index (χ4n) is 9.08. The Balaban J connectivity index is 0.00000608. The molecule has 0 saturated heterocycles. The number of aromatic hydroxyl groups is 1. The van der Waals surface area contributed by atoms with Crippen molar-refractivity contribution in [1.29, 1.82) is 0 Å². The molecule has 0 aliphatic carbocycles. The average molecular weight is 1060 g/mol. The van der Waals surface area contributed by atoms with Crippen LogP contribution >= 0.6 is 0 Å². The van der Waals surface area contributed by atoms with E-state index in [9.17, 15) is 5.11 Å². The molecule has 3 heterocycles. The summed E-state index contributed by atoms with van der Waals surface area (Å²) in [5.41, 5.74) is 16.6. The Morgan fingerprint density at radius 3 is 1.67 bits per heavy atom. The van der Waals surface area contributed by atoms with Crippen LogP contribution in [-0.4, -0.2) is 19.6 Å². The number of nitrogens with zero attached hydrogens (tertiary/aromatic N) is 3. The third-order valence-corrected chi connectivity index (χ3v) is 13.0. The summed E-state index contributed by atoms with van der Waals surface area (Å²) in [6.07, 6.45) is 1.91. The fourth-order valence-corrected chi connectivity index (χ4v) is 9.08. The van der Waals surface area contributed by atoms with Crippen molar-refractivity contribution in [1.82, 2.24) is 14.5 Å². The van der Waals surface area contributed by atoms with Crippen molar-refractivity contribution < 1.29 is 26.2 Å². The third kappa shape index (κ3) is 9.31. The molecule has 1 N–H and O–H groups in total. The van der Waals surface area contributed by atoms with E-state index < -0.39 is 0 Å². The van der Waals surface area contributed by atoms with Crippen LogP contribution < -0.4 is 0 Å². The maximum atomic E-state index is 12.2. The second-order valence-electron chi connectivity index (χ2n) is 22.1. The first kappa shape index (κ1) is 47.4. The molecule has 0 aliphatic rings. The molecule has 9 aromatic rings. The largest absolute Gasteiger partial charge is 0.507 e. The van der Waals surface area contributed by atoms with Gasteiger partial charge in [-0.05, 0) is 91.4 Å². The van der Waals surface area contributed by atoms with E-state index in [1.165, 1.54) is 27.4 Å². The molecule has 3 aromatic heterocycles. The zero-order valence-corrected chi connectivity index (χ0v) is 43.3. The second-order valence-corrected chi connectivity index (χ2v) is 22.1. The Bertz CT molecular complexity index is 3260. The number of hydrogen-bond donors (Lipinski definition) is 1. The molecule has 4 nitrogen and oxygen atoms in total. The number of benzene rings is 6. The fraction of sp³-hybridized carbons (Fsp3) is 0.258. The minimum Gasteiger partial charge on any atom is -0.507 e. The molecule has 9 rings (SSSR count). The summed E-state index contributed by atoms with van der Waals surface area (Å²) < 4.78 is 2.38. The minimum absolute atomic E-state index is 0. The van der Waals surface area contributed by atoms with Crippen LogP contribution in [0.4, 0.5) is 0 Å². The normalized spacial score (nSPS) is 12.4. The molecule has 6 aromatic carbocycles. The molecule has 0 aliphatic heterocycles. The van der Waals surface area contributed by atoms with Gasteiger partial charge in [0.15, 0.2) is 0 Å². The predicted octanol–water partition coefficient (Wildman–Crippen LogP) is 16.6. The van der Waals surface area contributed by atoms with Crippen molar-refractivity contribution in [2.75, 3.05) is 0 Å². The molecule has 67 heavy (non-hydrogen) atoms. The molecular formula is C62H62N3OPt-. The van der Waals surface area contributed by atoms with E-state index in [0.717, 1.165) is 78.4 Å². The van der Waals surface area contributed by atoms with Crippen LogP contribution in [0.5, 0.6) is 5.75 Å². The minimum atomic E-state index is -0.295. The maximum absolute atomic E-state index is 12.2. The Morgan fingerprint density at radius 1 is 0.463 bits per heavy atom. The van der Waals surface area contributed by atoms with E-state index in [1.807, 2.05) is 6.20 Å². The molecule has 5 heteroatoms. The van der Waals surface area contributed by atoms with Crippen LogP contribution in [0.3, 0.4) is 0 Å². The number of fused-ring (bicyclic) bond motifs is 3. The number of para-hydroxylation sites is 3. The SMILES string of the molecule is CC(C)(C)c1cc(-c2cc(-c3[c-]c(-c4cc(-c5cccc6c7ccccc7n(-c7ccccc7)c56)ccn4)ccc3)nc(-c3cc(C(C)(C)C)cc(C(C)(C)C)c3O)c2)cc(C(C)(C)C)c1.[Pt]. The molecule has 342 valence electrons. The Hall–Kier alpha value is -6.09. The summed E-state index contributed by atoms with van der Waals surface area (Å²) in [6.45, 7) is 26.8. The molecule has 0 radical (unpaired) electrons. The Kier molecular flexibility index (Phi) is 12.4. The van der Waals surface area contributed by atoms with Gasteiger partial charge >= 0.3 is 0 Å². The monoisotopic (exact) mass is 1060 g/mol. The van der Waals surface area contributed by atoms with Crippen molar-refractivity contribution in [3.8, 4) is 67.5 Å². The van der Waals surface area contributed by atoms with Crippen LogP contribution in [0, 0.1) is 6.07 Å². The van der Waals surface area contributed by atoms with Gasteiger partial charge in [-0.25, -0.2) is 0 Å². The van der Waals surface area contributed by atoms with Gasteiger partial charge in [-0.2, -0.15) is 0 Å². The van der Waals surface area contributed by atoms with E-state index in [2.05, 4.69) is 239 Å². The number of phenolic OH excluding ortho intramolecular Hbond substituents is 1. The quantitative estimate of drug-likeness (QED) is 0.169. The molecule has 0 amide bonds. The summed E-state index contributed by atoms with van der Waals surface area (Å²) in [7, 11) is 0. The summed E-state index contributed by atoms with van der Waals surface area (Å²) in [6, 6.07) is 55.8. The number of rotatable bonds is 6. The first-order valence-electron chi connectivity index (χ1n) is 23.3. The van der Waals surface area contributed by atoms with E-state index >= 15 is 0 Å². The number of pyridine rings is 2. The molecule has 0 bridgehead atoms. The van der Waals surface area contributed by atoms with E-state index in [4.69, 9.17) is 9.97 Å². The van der Waals surface area contributed by atoms with Gasteiger partial charge in [-0.1, -0.05) is 185 Å². The standard InChI is InChI=1S/C62H62N3O.Pt/c1-59(2,3)44-31-42(32-45(36-44)60(4,5)6)43-34-54(64-55(35-43)51-37-46(61(7,8)9)38-52(58(51)66)62(10,11)12)41-21-18-20-40(30-41)53-33-39(28-29-63-53)48-25-19-26-50-49-24-16-17-27-56(49)65(57(48)50)47-22-14-13-15-23-47;/h13-29,31-38,66H,1-12H3;/q-1;. The molecule has 0 unspecified atom stereocenters. The Labute approximate surface area is 412 Å². The van der Waals surface area contributed by atoms with Crippen molar-refractivity contribution >= 4 is 21.8 Å². The second kappa shape index (κ2) is 17.5. The van der Waals surface area contributed by atoms with Gasteiger partial charge in [-0.15, -0.1) is 24.3 Å². The number of hydrogen-bond acceptors (Lipinski definition) is 3. The van der Waals surface area contributed by atoms with Gasteiger partial charge < -0.3 is 9.67 Å². The summed E-state index contributed by atoms with van der Waals surface area (Å²) in [5, 5.41) is 14.7. The first-order chi connectivity index (χ1) is 31.1. The Morgan fingerprint density at radius 2 is 1.01 bits per heavy atom. The van der Waals surface area contributed by atoms with Gasteiger partial charge in [-0.3, -0.25) is 9.97 Å². The molecule has 0 fully saturated rings. The summed E-state index contributed by atoms with van der Waals surface area (Å²) in [5.74, 6) is 0.269. The van der Waals surface area contributed by atoms with Crippen molar-refractivity contribution in [2.45, 2.75) is 105 Å². The van der Waals surface area contributed by atoms with E-state index in [-0.39, 0.29) is 48.5 Å². The van der Waals surface area contributed by atoms with Gasteiger partial charge in [0.05, 0.1) is 16.7 Å². The summed E-state index contributed by atoms with van der Waals surface area (Å²) >= 11 is 0. The van der Waals surface area contributed by atoms with E-state index in [1.54, 1.807) is 0 Å².